The predicted octanol–water partition coefficient (Wildman–Crippen LogP) is 2.78. The second-order valence-electron chi connectivity index (χ2n) is 4.64. The van der Waals surface area contributed by atoms with Gasteiger partial charge in [-0.15, -0.1) is 0 Å². The van der Waals surface area contributed by atoms with Crippen LogP contribution in [0, 0.1) is 0 Å². The number of carbonyl (C=O) groups is 1. The molecule has 0 radical (unpaired) electrons. The van der Waals surface area contributed by atoms with E-state index in [4.69, 9.17) is 10.6 Å². The summed E-state index contributed by atoms with van der Waals surface area (Å²) >= 11 is 0. The van der Waals surface area contributed by atoms with Crippen LogP contribution in [-0.4, -0.2) is 12.5 Å². The maximum Gasteiger partial charge on any atom is 0.265 e. The topological polar surface area (TPSA) is 64.3 Å². The number of hydrogen-bond acceptors (Lipinski definition) is 3. The Morgan fingerprint density at radius 1 is 1.26 bits per heavy atom. The number of nitrogen functional groups attached to an aromatic ring is 1. The number of unbranched alkanes of at least 4 members (excludes halogenated alkanes) is 4. The number of carbonyl (C=O) groups excluding carboxylic acids is 1. The first-order valence-corrected chi connectivity index (χ1v) is 6.95. The highest BCUT2D eigenvalue weighted by molar-refractivity contribution is 5.93. The Bertz CT molecular complexity index is 380. The maximum atomic E-state index is 11.4. The van der Waals surface area contributed by atoms with E-state index in [1.807, 2.05) is 12.1 Å². The van der Waals surface area contributed by atoms with Gasteiger partial charge in [-0.25, -0.2) is 5.84 Å². The number of nitrogens with two attached hydrogens (primary N) is 1. The van der Waals surface area contributed by atoms with Gasteiger partial charge in [-0.3, -0.25) is 10.2 Å². The van der Waals surface area contributed by atoms with Crippen molar-refractivity contribution in [3.05, 3.63) is 35.4 Å². The fraction of sp³-hybridized carbons (Fsp3) is 0.533. The Morgan fingerprint density at radius 2 is 2.05 bits per heavy atom. The Morgan fingerprint density at radius 3 is 2.79 bits per heavy atom. The average Bonchev–Trinajstić information content (AvgIpc) is 2.46. The molecule has 0 aliphatic heterocycles. The Balaban J connectivity index is 2.24. The van der Waals surface area contributed by atoms with E-state index in [-0.39, 0.29) is 5.91 Å². The monoisotopic (exact) mass is 264 g/mol. The molecule has 0 aromatic heterocycles. The van der Waals surface area contributed by atoms with E-state index in [0.717, 1.165) is 18.6 Å². The summed E-state index contributed by atoms with van der Waals surface area (Å²) in [4.78, 5) is 11.4. The van der Waals surface area contributed by atoms with E-state index >= 15 is 0 Å². The van der Waals surface area contributed by atoms with Gasteiger partial charge in [0.2, 0.25) is 0 Å². The third kappa shape index (κ3) is 6.36. The summed E-state index contributed by atoms with van der Waals surface area (Å²) in [6.45, 7) is 3.53. The van der Waals surface area contributed by atoms with Crippen molar-refractivity contribution >= 4 is 5.91 Å². The highest BCUT2D eigenvalue weighted by Gasteiger charge is 2.03. The highest BCUT2D eigenvalue weighted by Crippen LogP contribution is 2.08. The van der Waals surface area contributed by atoms with Gasteiger partial charge in [0.25, 0.3) is 5.91 Å². The van der Waals surface area contributed by atoms with E-state index < -0.39 is 0 Å². The Kier molecular flexibility index (Phi) is 7.86. The average molecular weight is 264 g/mol. The quantitative estimate of drug-likeness (QED) is 0.312. The molecular weight excluding hydrogens is 240 g/mol. The van der Waals surface area contributed by atoms with E-state index in [1.165, 1.54) is 25.7 Å². The SMILES string of the molecule is CCCCCCCOCc1cccc(C(=O)NN)c1. The minimum Gasteiger partial charge on any atom is -0.377 e. The molecule has 4 heteroatoms. The van der Waals surface area contributed by atoms with Gasteiger partial charge in [-0.1, -0.05) is 44.7 Å². The minimum absolute atomic E-state index is 0.276. The molecule has 1 aromatic rings. The van der Waals surface area contributed by atoms with Crippen molar-refractivity contribution in [2.75, 3.05) is 6.61 Å². The van der Waals surface area contributed by atoms with Gasteiger partial charge < -0.3 is 4.74 Å². The second-order valence-corrected chi connectivity index (χ2v) is 4.64. The van der Waals surface area contributed by atoms with E-state index in [2.05, 4.69) is 12.3 Å². The smallest absolute Gasteiger partial charge is 0.265 e. The lowest BCUT2D eigenvalue weighted by Crippen LogP contribution is -2.29. The molecule has 0 spiro atoms. The lowest BCUT2D eigenvalue weighted by molar-refractivity contribution is 0.0952. The van der Waals surface area contributed by atoms with Gasteiger partial charge in [0.1, 0.15) is 0 Å². The Labute approximate surface area is 115 Å². The van der Waals surface area contributed by atoms with Crippen molar-refractivity contribution < 1.29 is 9.53 Å². The first-order valence-electron chi connectivity index (χ1n) is 6.95. The zero-order valence-corrected chi connectivity index (χ0v) is 11.7. The number of ether oxygens (including phenoxy) is 1. The van der Waals surface area contributed by atoms with Crippen molar-refractivity contribution in [3.63, 3.8) is 0 Å². The molecule has 0 atom stereocenters. The summed E-state index contributed by atoms with van der Waals surface area (Å²) < 4.78 is 5.61. The highest BCUT2D eigenvalue weighted by atomic mass is 16.5. The molecule has 0 heterocycles. The van der Waals surface area contributed by atoms with Crippen LogP contribution in [-0.2, 0) is 11.3 Å². The van der Waals surface area contributed by atoms with Crippen molar-refractivity contribution in [1.82, 2.24) is 5.43 Å². The van der Waals surface area contributed by atoms with Crippen LogP contribution in [0.5, 0.6) is 0 Å². The summed E-state index contributed by atoms with van der Waals surface area (Å²) in [6.07, 6.45) is 6.17. The van der Waals surface area contributed by atoms with Crippen LogP contribution in [0.4, 0.5) is 0 Å². The molecule has 3 N–H and O–H groups in total. The molecule has 0 unspecified atom stereocenters. The molecule has 19 heavy (non-hydrogen) atoms. The summed E-state index contributed by atoms with van der Waals surface area (Å²) in [5.41, 5.74) is 3.68. The summed E-state index contributed by atoms with van der Waals surface area (Å²) in [7, 11) is 0. The largest absolute Gasteiger partial charge is 0.377 e. The number of amides is 1. The van der Waals surface area contributed by atoms with Crippen LogP contribution in [0.3, 0.4) is 0 Å². The first kappa shape index (κ1) is 15.7. The Hall–Kier alpha value is -1.39. The number of hydrogen-bond donors (Lipinski definition) is 2. The van der Waals surface area contributed by atoms with E-state index in [0.29, 0.717) is 12.2 Å². The number of benzene rings is 1. The van der Waals surface area contributed by atoms with E-state index in [1.54, 1.807) is 12.1 Å². The zero-order valence-electron chi connectivity index (χ0n) is 11.7. The third-order valence-corrected chi connectivity index (χ3v) is 2.98. The fourth-order valence-electron chi connectivity index (χ4n) is 1.88. The van der Waals surface area contributed by atoms with Crippen molar-refractivity contribution in [2.24, 2.45) is 5.84 Å². The van der Waals surface area contributed by atoms with Gasteiger partial charge >= 0.3 is 0 Å². The van der Waals surface area contributed by atoms with Crippen molar-refractivity contribution in [1.29, 1.82) is 0 Å². The van der Waals surface area contributed by atoms with Crippen molar-refractivity contribution in [2.45, 2.75) is 45.6 Å². The molecule has 0 saturated heterocycles. The minimum atomic E-state index is -0.276. The molecule has 4 nitrogen and oxygen atoms in total. The maximum absolute atomic E-state index is 11.4. The summed E-state index contributed by atoms with van der Waals surface area (Å²) in [5, 5.41) is 0. The second kappa shape index (κ2) is 9.53. The molecule has 0 bridgehead atoms. The van der Waals surface area contributed by atoms with Gasteiger partial charge in [-0.05, 0) is 24.1 Å². The van der Waals surface area contributed by atoms with Crippen LogP contribution < -0.4 is 11.3 Å². The van der Waals surface area contributed by atoms with Gasteiger partial charge in [0, 0.05) is 12.2 Å². The molecule has 1 rings (SSSR count). The molecule has 1 amide bonds. The number of nitrogens with one attached hydrogen (secondary N) is 1. The van der Waals surface area contributed by atoms with E-state index in [9.17, 15) is 4.79 Å². The van der Waals surface area contributed by atoms with Crippen LogP contribution in [0.1, 0.15) is 54.9 Å². The van der Waals surface area contributed by atoms with Gasteiger partial charge in [0.15, 0.2) is 0 Å². The summed E-state index contributed by atoms with van der Waals surface area (Å²) in [6, 6.07) is 7.32. The molecule has 0 aliphatic rings. The van der Waals surface area contributed by atoms with Crippen LogP contribution in [0.25, 0.3) is 0 Å². The lowest BCUT2D eigenvalue weighted by Gasteiger charge is -2.06. The van der Waals surface area contributed by atoms with Crippen LogP contribution in [0.2, 0.25) is 0 Å². The molecule has 0 fully saturated rings. The van der Waals surface area contributed by atoms with Crippen LogP contribution >= 0.6 is 0 Å². The van der Waals surface area contributed by atoms with Crippen LogP contribution in [0.15, 0.2) is 24.3 Å². The van der Waals surface area contributed by atoms with Crippen molar-refractivity contribution in [3.8, 4) is 0 Å². The van der Waals surface area contributed by atoms with Gasteiger partial charge in [0.05, 0.1) is 6.61 Å². The molecule has 0 saturated carbocycles. The zero-order chi connectivity index (χ0) is 13.9. The molecular formula is C15H24N2O2. The predicted molar refractivity (Wildman–Crippen MR) is 76.5 cm³/mol. The molecule has 0 aliphatic carbocycles. The molecule has 1 aromatic carbocycles. The normalized spacial score (nSPS) is 10.4. The number of hydrazine groups is 1. The fourth-order valence-corrected chi connectivity index (χ4v) is 1.88. The third-order valence-electron chi connectivity index (χ3n) is 2.98. The van der Waals surface area contributed by atoms with Gasteiger partial charge in [-0.2, -0.15) is 0 Å². The first-order chi connectivity index (χ1) is 9.27. The standard InChI is InChI=1S/C15H24N2O2/c1-2-3-4-5-6-10-19-12-13-8-7-9-14(11-13)15(18)17-16/h7-9,11H,2-6,10,12,16H2,1H3,(H,17,18). The number of rotatable bonds is 9. The summed E-state index contributed by atoms with van der Waals surface area (Å²) in [5.74, 6) is 4.83. The lowest BCUT2D eigenvalue weighted by atomic mass is 10.1. The molecule has 106 valence electrons.